The van der Waals surface area contributed by atoms with Crippen LogP contribution in [0, 0.1) is 0 Å². The van der Waals surface area contributed by atoms with E-state index in [1.807, 2.05) is 42.5 Å². The van der Waals surface area contributed by atoms with Gasteiger partial charge in [0.05, 0.1) is 17.9 Å². The summed E-state index contributed by atoms with van der Waals surface area (Å²) in [6.45, 7) is 1.99. The van der Waals surface area contributed by atoms with E-state index in [9.17, 15) is 4.79 Å². The highest BCUT2D eigenvalue weighted by molar-refractivity contribution is 6.14. The third kappa shape index (κ3) is 2.57. The maximum Gasteiger partial charge on any atom is 0.182 e. The first-order valence-electron chi connectivity index (χ1n) is 7.39. The minimum atomic E-state index is -0.0771. The average molecular weight is 332 g/mol. The van der Waals surface area contributed by atoms with Crippen LogP contribution in [0.3, 0.4) is 0 Å². The van der Waals surface area contributed by atoms with Crippen molar-refractivity contribution in [3.8, 4) is 0 Å². The van der Waals surface area contributed by atoms with Crippen molar-refractivity contribution in [1.82, 2.24) is 4.42 Å². The topological polar surface area (TPSA) is 58.3 Å². The summed E-state index contributed by atoms with van der Waals surface area (Å²) < 4.78 is 1.78. The van der Waals surface area contributed by atoms with E-state index in [1.165, 1.54) is 0 Å². The van der Waals surface area contributed by atoms with Crippen molar-refractivity contribution in [2.45, 2.75) is 6.29 Å². The average Bonchev–Trinajstić information content (AvgIpc) is 3.08. The molecule has 0 amide bonds. The van der Waals surface area contributed by atoms with Gasteiger partial charge in [-0.25, -0.2) is 0 Å². The maximum absolute atomic E-state index is 12.6. The van der Waals surface area contributed by atoms with E-state index >= 15 is 0 Å². The van der Waals surface area contributed by atoms with Crippen LogP contribution >= 0.6 is 11.8 Å². The third-order valence-corrected chi connectivity index (χ3v) is 4.62. The third-order valence-electron chi connectivity index (χ3n) is 4.27. The van der Waals surface area contributed by atoms with Gasteiger partial charge in [-0.05, 0) is 23.9 Å². The van der Waals surface area contributed by atoms with Gasteiger partial charge in [0.1, 0.15) is 0 Å². The van der Waals surface area contributed by atoms with Crippen molar-refractivity contribution in [1.29, 1.82) is 0 Å². The molecule has 4 rings (SSSR count). The Hall–Kier alpha value is -2.08. The lowest BCUT2D eigenvalue weighted by Crippen LogP contribution is -2.47. The Morgan fingerprint density at radius 3 is 2.39 bits per heavy atom. The van der Waals surface area contributed by atoms with Gasteiger partial charge in [-0.3, -0.25) is 4.79 Å². The predicted octanol–water partition coefficient (Wildman–Crippen LogP) is 2.12. The second kappa shape index (κ2) is 6.20. The molecule has 1 fully saturated rings. The molecule has 120 valence electrons. The molecule has 1 unspecified atom stereocenters. The molecule has 1 saturated heterocycles. The summed E-state index contributed by atoms with van der Waals surface area (Å²) in [5, 5.41) is 0. The number of carbonyl (C=O) groups is 1. The van der Waals surface area contributed by atoms with Crippen LogP contribution in [0.4, 0.5) is 11.4 Å². The zero-order valence-electron chi connectivity index (χ0n) is 12.5. The molecule has 2 heterocycles. The fourth-order valence-electron chi connectivity index (χ4n) is 3.26. The highest BCUT2D eigenvalue weighted by Crippen LogP contribution is 2.43. The molecule has 6 heteroatoms. The Morgan fingerprint density at radius 1 is 1.00 bits per heavy atom. The molecule has 0 radical (unpaired) electrons. The van der Waals surface area contributed by atoms with Crippen molar-refractivity contribution >= 4 is 28.9 Å². The molecule has 0 aromatic heterocycles. The first kappa shape index (κ1) is 15.8. The molecule has 23 heavy (non-hydrogen) atoms. The molecule has 1 atom stereocenters. The second-order valence-electron chi connectivity index (χ2n) is 5.57. The van der Waals surface area contributed by atoms with Crippen LogP contribution in [0.5, 0.6) is 0 Å². The van der Waals surface area contributed by atoms with Gasteiger partial charge in [0.15, 0.2) is 12.1 Å². The van der Waals surface area contributed by atoms with E-state index in [4.69, 9.17) is 11.8 Å². The molecular weight excluding hydrogens is 314 g/mol. The summed E-state index contributed by atoms with van der Waals surface area (Å²) in [7, 11) is 0. The van der Waals surface area contributed by atoms with E-state index in [1.54, 1.807) is 4.42 Å². The number of halogens is 1. The van der Waals surface area contributed by atoms with Crippen LogP contribution in [0.1, 0.15) is 10.4 Å². The molecule has 0 spiro atoms. The van der Waals surface area contributed by atoms with Gasteiger partial charge in [-0.1, -0.05) is 42.5 Å². The normalized spacial score (nSPS) is 19.3. The number of rotatable bonds is 3. The number of carbonyl (C=O) groups excluding carboxylic acids is 1. The molecule has 0 saturated carbocycles. The summed E-state index contributed by atoms with van der Waals surface area (Å²) >= 11 is 6.37. The van der Waals surface area contributed by atoms with Crippen LogP contribution < -0.4 is 9.80 Å². The van der Waals surface area contributed by atoms with E-state index < -0.39 is 0 Å². The lowest BCUT2D eigenvalue weighted by Gasteiger charge is -2.29. The number of ketones is 1. The van der Waals surface area contributed by atoms with Crippen molar-refractivity contribution in [3.63, 3.8) is 0 Å². The zero-order chi connectivity index (χ0) is 15.1. The fraction of sp³-hybridized carbons (Fsp3) is 0.235. The van der Waals surface area contributed by atoms with E-state index in [-0.39, 0.29) is 17.5 Å². The minimum absolute atomic E-state index is 0. The molecule has 0 aliphatic carbocycles. The Kier molecular flexibility index (Phi) is 4.26. The van der Waals surface area contributed by atoms with Crippen molar-refractivity contribution < 1.29 is 10.3 Å². The van der Waals surface area contributed by atoms with Crippen molar-refractivity contribution in [2.24, 2.45) is 0 Å². The molecule has 2 aliphatic heterocycles. The first-order valence-corrected chi connectivity index (χ1v) is 7.72. The number of anilines is 2. The summed E-state index contributed by atoms with van der Waals surface area (Å²) in [5.74, 6) is 0.106. The van der Waals surface area contributed by atoms with Gasteiger partial charge >= 0.3 is 0 Å². The summed E-state index contributed by atoms with van der Waals surface area (Å²) in [6, 6.07) is 17.6. The monoisotopic (exact) mass is 331 g/mol. The highest BCUT2D eigenvalue weighted by Gasteiger charge is 2.43. The lowest BCUT2D eigenvalue weighted by molar-refractivity contribution is 0.0995. The number of nitrogens with zero attached hydrogens (tertiary/aromatic N) is 3. The zero-order valence-corrected chi connectivity index (χ0v) is 13.3. The van der Waals surface area contributed by atoms with Crippen LogP contribution in [0.15, 0.2) is 54.6 Å². The SMILES string of the molecule is O.O=C(CN1c2ccccc2N2CCN(Cl)C21)c1ccccc1. The summed E-state index contributed by atoms with van der Waals surface area (Å²) in [4.78, 5) is 16.9. The number of hydrogen-bond donors (Lipinski definition) is 0. The highest BCUT2D eigenvalue weighted by atomic mass is 35.5. The Morgan fingerprint density at radius 2 is 1.65 bits per heavy atom. The summed E-state index contributed by atoms with van der Waals surface area (Å²) in [6.07, 6.45) is -0.0771. The van der Waals surface area contributed by atoms with E-state index in [0.717, 1.165) is 30.0 Å². The molecule has 2 aliphatic rings. The van der Waals surface area contributed by atoms with Gasteiger partial charge in [-0.15, -0.1) is 0 Å². The largest absolute Gasteiger partial charge is 0.412 e. The second-order valence-corrected chi connectivity index (χ2v) is 6.00. The molecule has 2 aromatic rings. The number of hydrogen-bond acceptors (Lipinski definition) is 4. The van der Waals surface area contributed by atoms with Gasteiger partial charge in [0.2, 0.25) is 0 Å². The quantitative estimate of drug-likeness (QED) is 0.638. The first-order chi connectivity index (χ1) is 10.8. The van der Waals surface area contributed by atoms with Crippen LogP contribution in [0.25, 0.3) is 0 Å². The number of Topliss-reactive ketones (excluding diaryl/α,β-unsaturated/α-hetero) is 1. The lowest BCUT2D eigenvalue weighted by atomic mass is 10.1. The van der Waals surface area contributed by atoms with Crippen LogP contribution in [-0.2, 0) is 0 Å². The van der Waals surface area contributed by atoms with Crippen molar-refractivity contribution in [3.05, 3.63) is 60.2 Å². The fourth-order valence-corrected chi connectivity index (χ4v) is 3.55. The Balaban J connectivity index is 0.00000156. The van der Waals surface area contributed by atoms with Crippen LogP contribution in [0.2, 0.25) is 0 Å². The van der Waals surface area contributed by atoms with E-state index in [0.29, 0.717) is 6.54 Å². The number of fused-ring (bicyclic) bond motifs is 3. The van der Waals surface area contributed by atoms with Crippen LogP contribution in [-0.4, -0.2) is 41.6 Å². The van der Waals surface area contributed by atoms with Crippen molar-refractivity contribution in [2.75, 3.05) is 29.4 Å². The summed E-state index contributed by atoms with van der Waals surface area (Å²) in [5.41, 5.74) is 2.95. The molecular formula is C17H18ClN3O2. The predicted molar refractivity (Wildman–Crippen MR) is 91.9 cm³/mol. The standard InChI is InChI=1S/C17H16ClN3O.H2O/c18-21-11-10-19-14-8-4-5-9-15(14)20(17(19)21)12-16(22)13-6-2-1-3-7-13;/h1-9,17H,10-12H2;1H2. The minimum Gasteiger partial charge on any atom is -0.412 e. The Bertz CT molecular complexity index is 710. The molecule has 0 bridgehead atoms. The maximum atomic E-state index is 12.6. The van der Waals surface area contributed by atoms with Gasteiger partial charge < -0.3 is 15.3 Å². The van der Waals surface area contributed by atoms with Gasteiger partial charge in [-0.2, -0.15) is 4.42 Å². The smallest absolute Gasteiger partial charge is 0.182 e. The number of benzene rings is 2. The molecule has 5 nitrogen and oxygen atoms in total. The number of para-hydroxylation sites is 2. The molecule has 2 aromatic carbocycles. The van der Waals surface area contributed by atoms with Gasteiger partial charge in [0, 0.05) is 18.7 Å². The Labute approximate surface area is 140 Å². The molecule has 2 N–H and O–H groups in total. The van der Waals surface area contributed by atoms with E-state index in [2.05, 4.69) is 21.9 Å². The van der Waals surface area contributed by atoms with Gasteiger partial charge in [0.25, 0.3) is 0 Å².